The van der Waals surface area contributed by atoms with Gasteiger partial charge in [-0.2, -0.15) is 13.2 Å². The molecule has 4 heteroatoms. The van der Waals surface area contributed by atoms with E-state index in [2.05, 4.69) is 41.4 Å². The van der Waals surface area contributed by atoms with Crippen LogP contribution in [0.1, 0.15) is 49.1 Å². The topological polar surface area (TPSA) is 12.9 Å². The molecule has 0 spiro atoms. The van der Waals surface area contributed by atoms with E-state index in [1.165, 1.54) is 60.6 Å². The maximum atomic E-state index is 14.0. The summed E-state index contributed by atoms with van der Waals surface area (Å²) < 4.78 is 42.0. The SMILES string of the molecule is FC(F)(F)c1cc(-c2nccc3c2ccc2c4ccc(C5CCCCC5)cc4ccc32)cc2ccccc12. The summed E-state index contributed by atoms with van der Waals surface area (Å²) >= 11 is 0. The first-order valence-corrected chi connectivity index (χ1v) is 13.3. The summed E-state index contributed by atoms with van der Waals surface area (Å²) in [5, 5.41) is 7.27. The van der Waals surface area contributed by atoms with Crippen LogP contribution in [0.5, 0.6) is 0 Å². The number of pyridine rings is 1. The molecule has 0 radical (unpaired) electrons. The maximum absolute atomic E-state index is 14.0. The van der Waals surface area contributed by atoms with Crippen LogP contribution in [0.2, 0.25) is 0 Å². The molecule has 5 aromatic carbocycles. The molecule has 1 fully saturated rings. The quantitative estimate of drug-likeness (QED) is 0.213. The highest BCUT2D eigenvalue weighted by molar-refractivity contribution is 6.19. The highest BCUT2D eigenvalue weighted by Crippen LogP contribution is 2.41. The van der Waals surface area contributed by atoms with Gasteiger partial charge in [-0.3, -0.25) is 4.98 Å². The lowest BCUT2D eigenvalue weighted by Crippen LogP contribution is -2.06. The maximum Gasteiger partial charge on any atom is 0.417 e. The van der Waals surface area contributed by atoms with Gasteiger partial charge in [0.15, 0.2) is 0 Å². The van der Waals surface area contributed by atoms with Crippen molar-refractivity contribution in [2.45, 2.75) is 44.2 Å². The third-order valence-electron chi connectivity index (χ3n) is 8.30. The molecule has 0 saturated heterocycles. The van der Waals surface area contributed by atoms with Crippen LogP contribution >= 0.6 is 0 Å². The van der Waals surface area contributed by atoms with Crippen LogP contribution in [0.3, 0.4) is 0 Å². The molecule has 1 nitrogen and oxygen atoms in total. The minimum absolute atomic E-state index is 0.202. The van der Waals surface area contributed by atoms with Crippen molar-refractivity contribution < 1.29 is 13.2 Å². The van der Waals surface area contributed by atoms with Crippen molar-refractivity contribution in [3.8, 4) is 11.3 Å². The third-order valence-corrected chi connectivity index (χ3v) is 8.30. The summed E-state index contributed by atoms with van der Waals surface area (Å²) in [4.78, 5) is 4.57. The van der Waals surface area contributed by atoms with E-state index in [-0.39, 0.29) is 5.39 Å². The van der Waals surface area contributed by atoms with E-state index in [1.807, 2.05) is 18.2 Å². The number of fused-ring (bicyclic) bond motifs is 6. The fourth-order valence-corrected chi connectivity index (χ4v) is 6.43. The Morgan fingerprint density at radius 2 is 1.29 bits per heavy atom. The van der Waals surface area contributed by atoms with Crippen LogP contribution < -0.4 is 0 Å². The Morgan fingerprint density at radius 3 is 2.13 bits per heavy atom. The van der Waals surface area contributed by atoms with Gasteiger partial charge in [0.05, 0.1) is 11.3 Å². The molecular formula is C34H26F3N. The standard InChI is InChI=1S/C34H26F3N/c35-34(36,37)32-20-25(19-23-8-4-5-9-27(23)32)33-31-15-14-28-26-12-10-22(21-6-2-1-3-7-21)18-24(26)11-13-29(28)30(31)16-17-38-33/h4-5,8-21H,1-3,6-7H2. The van der Waals surface area contributed by atoms with Gasteiger partial charge in [-0.1, -0.05) is 86.0 Å². The van der Waals surface area contributed by atoms with E-state index in [1.54, 1.807) is 24.4 Å². The van der Waals surface area contributed by atoms with Crippen molar-refractivity contribution in [2.75, 3.05) is 0 Å². The Labute approximate surface area is 218 Å². The number of benzene rings is 5. The number of hydrogen-bond acceptors (Lipinski definition) is 1. The lowest BCUT2D eigenvalue weighted by atomic mass is 9.83. The number of nitrogens with zero attached hydrogens (tertiary/aromatic N) is 1. The van der Waals surface area contributed by atoms with Crippen molar-refractivity contribution >= 4 is 43.1 Å². The van der Waals surface area contributed by atoms with E-state index in [0.717, 1.165) is 21.5 Å². The van der Waals surface area contributed by atoms with Crippen LogP contribution in [0, 0.1) is 0 Å². The molecule has 6 aromatic rings. The molecule has 0 unspecified atom stereocenters. The van der Waals surface area contributed by atoms with Gasteiger partial charge in [0.2, 0.25) is 0 Å². The second-order valence-electron chi connectivity index (χ2n) is 10.5. The summed E-state index contributed by atoms with van der Waals surface area (Å²) in [6.07, 6.45) is 3.75. The lowest BCUT2D eigenvalue weighted by molar-refractivity contribution is -0.136. The van der Waals surface area contributed by atoms with Crippen molar-refractivity contribution in [1.29, 1.82) is 0 Å². The van der Waals surface area contributed by atoms with Crippen molar-refractivity contribution in [2.24, 2.45) is 0 Å². The van der Waals surface area contributed by atoms with Gasteiger partial charge in [-0.05, 0) is 80.2 Å². The van der Waals surface area contributed by atoms with E-state index in [9.17, 15) is 13.2 Å². The molecule has 1 aromatic heterocycles. The smallest absolute Gasteiger partial charge is 0.256 e. The summed E-state index contributed by atoms with van der Waals surface area (Å²) in [5.74, 6) is 0.651. The molecule has 38 heavy (non-hydrogen) atoms. The molecule has 0 amide bonds. The molecule has 0 atom stereocenters. The van der Waals surface area contributed by atoms with E-state index >= 15 is 0 Å². The van der Waals surface area contributed by atoms with Gasteiger partial charge >= 0.3 is 6.18 Å². The molecule has 0 bridgehead atoms. The predicted molar refractivity (Wildman–Crippen MR) is 151 cm³/mol. The zero-order valence-corrected chi connectivity index (χ0v) is 20.9. The van der Waals surface area contributed by atoms with Gasteiger partial charge in [-0.25, -0.2) is 0 Å². The van der Waals surface area contributed by atoms with Gasteiger partial charge in [0.1, 0.15) is 0 Å². The largest absolute Gasteiger partial charge is 0.417 e. The number of rotatable bonds is 2. The fourth-order valence-electron chi connectivity index (χ4n) is 6.43. The van der Waals surface area contributed by atoms with Gasteiger partial charge in [-0.15, -0.1) is 0 Å². The average molecular weight is 506 g/mol. The molecule has 1 heterocycles. The van der Waals surface area contributed by atoms with Crippen LogP contribution in [0.25, 0.3) is 54.3 Å². The Balaban J connectivity index is 1.41. The molecule has 7 rings (SSSR count). The number of halogens is 3. The van der Waals surface area contributed by atoms with Gasteiger partial charge < -0.3 is 0 Å². The average Bonchev–Trinajstić information content (AvgIpc) is 2.95. The molecule has 1 aliphatic rings. The van der Waals surface area contributed by atoms with E-state index < -0.39 is 11.7 Å². The zero-order chi connectivity index (χ0) is 25.9. The normalized spacial score (nSPS) is 15.1. The first-order valence-electron chi connectivity index (χ1n) is 13.3. The van der Waals surface area contributed by atoms with E-state index in [4.69, 9.17) is 0 Å². The van der Waals surface area contributed by atoms with Crippen molar-refractivity contribution in [3.63, 3.8) is 0 Å². The Kier molecular flexibility index (Phi) is 5.40. The molecular weight excluding hydrogens is 479 g/mol. The minimum atomic E-state index is -4.46. The Hall–Kier alpha value is -3.92. The van der Waals surface area contributed by atoms with Crippen LogP contribution in [0.15, 0.2) is 91.1 Å². The highest BCUT2D eigenvalue weighted by atomic mass is 19.4. The summed E-state index contributed by atoms with van der Waals surface area (Å²) in [6.45, 7) is 0. The predicted octanol–water partition coefficient (Wildman–Crippen LogP) is 10.4. The minimum Gasteiger partial charge on any atom is -0.256 e. The lowest BCUT2D eigenvalue weighted by Gasteiger charge is -2.22. The summed E-state index contributed by atoms with van der Waals surface area (Å²) in [5.41, 5.74) is 1.83. The molecule has 188 valence electrons. The zero-order valence-electron chi connectivity index (χ0n) is 20.9. The van der Waals surface area contributed by atoms with Crippen LogP contribution in [0.4, 0.5) is 13.2 Å². The van der Waals surface area contributed by atoms with Gasteiger partial charge in [0, 0.05) is 17.1 Å². The first kappa shape index (κ1) is 23.2. The highest BCUT2D eigenvalue weighted by Gasteiger charge is 2.33. The van der Waals surface area contributed by atoms with Crippen molar-refractivity contribution in [1.82, 2.24) is 4.98 Å². The van der Waals surface area contributed by atoms with Crippen LogP contribution in [-0.4, -0.2) is 4.98 Å². The number of aromatic nitrogens is 1. The summed E-state index contributed by atoms with van der Waals surface area (Å²) in [7, 11) is 0. The fraction of sp³-hybridized carbons (Fsp3) is 0.206. The van der Waals surface area contributed by atoms with Crippen molar-refractivity contribution in [3.05, 3.63) is 102 Å². The molecule has 1 aliphatic carbocycles. The second kappa shape index (κ2) is 8.83. The molecule has 1 saturated carbocycles. The summed E-state index contributed by atoms with van der Waals surface area (Å²) in [6, 6.07) is 27.0. The van der Waals surface area contributed by atoms with Gasteiger partial charge in [0.25, 0.3) is 0 Å². The van der Waals surface area contributed by atoms with E-state index in [0.29, 0.717) is 22.6 Å². The molecule has 0 N–H and O–H groups in total. The van der Waals surface area contributed by atoms with Crippen LogP contribution in [-0.2, 0) is 6.18 Å². The molecule has 0 aliphatic heterocycles. The monoisotopic (exact) mass is 505 g/mol. The third kappa shape index (κ3) is 3.82. The Bertz CT molecular complexity index is 1850. The first-order chi connectivity index (χ1) is 18.5. The number of alkyl halides is 3. The Morgan fingerprint density at radius 1 is 0.605 bits per heavy atom. The number of hydrogen-bond donors (Lipinski definition) is 0. The second-order valence-corrected chi connectivity index (χ2v) is 10.5.